The third-order valence-corrected chi connectivity index (χ3v) is 5.61. The van der Waals surface area contributed by atoms with Crippen LogP contribution in [-0.2, 0) is 14.8 Å². The van der Waals surface area contributed by atoms with Crippen molar-refractivity contribution in [2.75, 3.05) is 4.72 Å². The number of anilines is 1. The molecule has 7 heteroatoms. The fourth-order valence-electron chi connectivity index (χ4n) is 2.17. The zero-order valence-corrected chi connectivity index (χ0v) is 14.0. The number of thiophene rings is 1. The largest absolute Gasteiger partial charge is 0.478 e. The molecule has 0 saturated heterocycles. The number of nitrogens with one attached hydrogen (secondary N) is 1. The van der Waals surface area contributed by atoms with Gasteiger partial charge in [-0.15, -0.1) is 11.3 Å². The maximum atomic E-state index is 12.4. The number of hydrogen-bond donors (Lipinski definition) is 2. The zero-order chi connectivity index (χ0) is 17.2. The van der Waals surface area contributed by atoms with E-state index >= 15 is 0 Å². The van der Waals surface area contributed by atoms with Crippen LogP contribution in [0.1, 0.15) is 5.56 Å². The minimum absolute atomic E-state index is 0.111. The highest BCUT2D eigenvalue weighted by atomic mass is 32.2. The number of rotatable bonds is 5. The summed E-state index contributed by atoms with van der Waals surface area (Å²) in [5.41, 5.74) is 1.10. The Morgan fingerprint density at radius 1 is 1.08 bits per heavy atom. The highest BCUT2D eigenvalue weighted by molar-refractivity contribution is 7.92. The molecular weight excluding hydrogens is 346 g/mol. The van der Waals surface area contributed by atoms with Crippen LogP contribution >= 0.6 is 11.3 Å². The molecule has 5 nitrogen and oxygen atoms in total. The van der Waals surface area contributed by atoms with Crippen LogP contribution in [0.25, 0.3) is 16.2 Å². The van der Waals surface area contributed by atoms with E-state index in [1.807, 2.05) is 17.5 Å². The Bertz CT molecular complexity index is 1020. The molecule has 2 aromatic carbocycles. The topological polar surface area (TPSA) is 83.5 Å². The van der Waals surface area contributed by atoms with Crippen molar-refractivity contribution in [3.8, 4) is 0 Å². The summed E-state index contributed by atoms with van der Waals surface area (Å²) in [6.45, 7) is 0. The van der Waals surface area contributed by atoms with E-state index in [1.54, 1.807) is 35.6 Å². The SMILES string of the molecule is O=C(O)C=Cc1ccc(S(=O)(=O)Nc2ccc3sccc3c2)cc1. The Hall–Kier alpha value is -2.64. The lowest BCUT2D eigenvalue weighted by molar-refractivity contribution is -0.131. The van der Waals surface area contributed by atoms with Crippen molar-refractivity contribution in [2.24, 2.45) is 0 Å². The molecule has 0 radical (unpaired) electrons. The Morgan fingerprint density at radius 3 is 2.54 bits per heavy atom. The maximum absolute atomic E-state index is 12.4. The van der Waals surface area contributed by atoms with Crippen LogP contribution in [0.5, 0.6) is 0 Å². The van der Waals surface area contributed by atoms with Crippen molar-refractivity contribution in [3.05, 3.63) is 65.6 Å². The maximum Gasteiger partial charge on any atom is 0.328 e. The van der Waals surface area contributed by atoms with Gasteiger partial charge in [-0.25, -0.2) is 13.2 Å². The average molecular weight is 359 g/mol. The van der Waals surface area contributed by atoms with Crippen LogP contribution in [0.4, 0.5) is 5.69 Å². The van der Waals surface area contributed by atoms with Crippen molar-refractivity contribution < 1.29 is 18.3 Å². The predicted octanol–water partition coefficient (Wildman–Crippen LogP) is 3.80. The van der Waals surface area contributed by atoms with Crippen LogP contribution in [0, 0.1) is 0 Å². The van der Waals surface area contributed by atoms with Crippen LogP contribution in [0.2, 0.25) is 0 Å². The molecule has 0 amide bonds. The Morgan fingerprint density at radius 2 is 1.83 bits per heavy atom. The molecule has 0 atom stereocenters. The molecule has 0 fully saturated rings. The van der Waals surface area contributed by atoms with E-state index in [4.69, 9.17) is 5.11 Å². The number of sulfonamides is 1. The molecule has 122 valence electrons. The van der Waals surface area contributed by atoms with Gasteiger partial charge in [0.15, 0.2) is 0 Å². The minimum atomic E-state index is -3.70. The molecule has 2 N–H and O–H groups in total. The molecule has 0 unspecified atom stereocenters. The second kappa shape index (κ2) is 6.46. The number of aliphatic carboxylic acids is 1. The van der Waals surface area contributed by atoms with Gasteiger partial charge in [-0.3, -0.25) is 4.72 Å². The number of hydrogen-bond acceptors (Lipinski definition) is 4. The standard InChI is InChI=1S/C17H13NO4S2/c19-17(20)8-3-12-1-5-15(6-2-12)24(21,22)18-14-4-7-16-13(11-14)9-10-23-16/h1-11,18H,(H,19,20). The molecule has 1 aromatic heterocycles. The Kier molecular flexibility index (Phi) is 4.37. The van der Waals surface area contributed by atoms with Crippen molar-refractivity contribution in [1.82, 2.24) is 0 Å². The van der Waals surface area contributed by atoms with Crippen LogP contribution < -0.4 is 4.72 Å². The van der Waals surface area contributed by atoms with E-state index in [0.717, 1.165) is 16.2 Å². The molecule has 3 rings (SSSR count). The first-order valence-electron chi connectivity index (χ1n) is 6.95. The molecule has 0 spiro atoms. The number of benzene rings is 2. The molecule has 1 heterocycles. The van der Waals surface area contributed by atoms with E-state index in [-0.39, 0.29) is 4.90 Å². The van der Waals surface area contributed by atoms with Gasteiger partial charge < -0.3 is 5.11 Å². The lowest BCUT2D eigenvalue weighted by Gasteiger charge is -2.08. The van der Waals surface area contributed by atoms with E-state index in [0.29, 0.717) is 11.3 Å². The number of carboxylic acid groups (broad SMARTS) is 1. The highest BCUT2D eigenvalue weighted by Crippen LogP contribution is 2.25. The second-order valence-corrected chi connectivity index (χ2v) is 7.65. The Balaban J connectivity index is 1.83. The molecule has 0 saturated carbocycles. The highest BCUT2D eigenvalue weighted by Gasteiger charge is 2.14. The van der Waals surface area contributed by atoms with Crippen molar-refractivity contribution in [3.63, 3.8) is 0 Å². The lowest BCUT2D eigenvalue weighted by atomic mass is 10.2. The first-order valence-corrected chi connectivity index (χ1v) is 9.31. The van der Waals surface area contributed by atoms with Gasteiger partial charge in [-0.1, -0.05) is 12.1 Å². The lowest BCUT2D eigenvalue weighted by Crippen LogP contribution is -2.12. The van der Waals surface area contributed by atoms with E-state index in [1.165, 1.54) is 18.2 Å². The first kappa shape index (κ1) is 16.2. The summed E-state index contributed by atoms with van der Waals surface area (Å²) in [5.74, 6) is -1.06. The molecule has 0 bridgehead atoms. The molecule has 0 aliphatic heterocycles. The van der Waals surface area contributed by atoms with E-state index in [9.17, 15) is 13.2 Å². The molecule has 0 aliphatic carbocycles. The summed E-state index contributed by atoms with van der Waals surface area (Å²) in [5, 5.41) is 11.5. The zero-order valence-electron chi connectivity index (χ0n) is 12.3. The fraction of sp³-hybridized carbons (Fsp3) is 0. The van der Waals surface area contributed by atoms with Crippen LogP contribution in [0.15, 0.2) is 64.9 Å². The van der Waals surface area contributed by atoms with Gasteiger partial charge in [0.1, 0.15) is 0 Å². The third kappa shape index (κ3) is 3.64. The number of carboxylic acids is 1. The Labute approximate surface area is 142 Å². The van der Waals surface area contributed by atoms with Gasteiger partial charge in [0, 0.05) is 16.5 Å². The predicted molar refractivity (Wildman–Crippen MR) is 95.7 cm³/mol. The van der Waals surface area contributed by atoms with Crippen LogP contribution in [-0.4, -0.2) is 19.5 Å². The van der Waals surface area contributed by atoms with E-state index < -0.39 is 16.0 Å². The molecule has 24 heavy (non-hydrogen) atoms. The van der Waals surface area contributed by atoms with Crippen LogP contribution in [0.3, 0.4) is 0 Å². The average Bonchev–Trinajstić information content (AvgIpc) is 3.00. The number of carbonyl (C=O) groups is 1. The summed E-state index contributed by atoms with van der Waals surface area (Å²) in [6.07, 6.45) is 2.40. The fourth-order valence-corrected chi connectivity index (χ4v) is 3.99. The smallest absolute Gasteiger partial charge is 0.328 e. The van der Waals surface area contributed by atoms with Crippen molar-refractivity contribution in [1.29, 1.82) is 0 Å². The summed E-state index contributed by atoms with van der Waals surface area (Å²) in [7, 11) is -3.70. The number of fused-ring (bicyclic) bond motifs is 1. The van der Waals surface area contributed by atoms with Gasteiger partial charge >= 0.3 is 5.97 Å². The summed E-state index contributed by atoms with van der Waals surface area (Å²) >= 11 is 1.59. The van der Waals surface area contributed by atoms with Gasteiger partial charge in [-0.05, 0) is 58.8 Å². The molecule has 3 aromatic rings. The molecular formula is C17H13NO4S2. The monoisotopic (exact) mass is 359 g/mol. The van der Waals surface area contributed by atoms with Crippen molar-refractivity contribution in [2.45, 2.75) is 4.90 Å². The summed E-state index contributed by atoms with van der Waals surface area (Å²) in [4.78, 5) is 10.6. The second-order valence-electron chi connectivity index (χ2n) is 5.02. The van der Waals surface area contributed by atoms with Gasteiger partial charge in [0.05, 0.1) is 4.90 Å². The van der Waals surface area contributed by atoms with Crippen molar-refractivity contribution >= 4 is 49.2 Å². The van der Waals surface area contributed by atoms with Gasteiger partial charge in [0.25, 0.3) is 10.0 Å². The minimum Gasteiger partial charge on any atom is -0.478 e. The van der Waals surface area contributed by atoms with Gasteiger partial charge in [0.2, 0.25) is 0 Å². The normalized spacial score (nSPS) is 11.8. The summed E-state index contributed by atoms with van der Waals surface area (Å²) < 4.78 is 28.5. The quantitative estimate of drug-likeness (QED) is 0.679. The third-order valence-electron chi connectivity index (χ3n) is 3.31. The molecule has 0 aliphatic rings. The van der Waals surface area contributed by atoms with Gasteiger partial charge in [-0.2, -0.15) is 0 Å². The first-order chi connectivity index (χ1) is 11.4. The van der Waals surface area contributed by atoms with E-state index in [2.05, 4.69) is 4.72 Å². The summed E-state index contributed by atoms with van der Waals surface area (Å²) in [6, 6.07) is 13.3.